The highest BCUT2D eigenvalue weighted by Gasteiger charge is 2.18. The number of rotatable bonds is 8. The van der Waals surface area contributed by atoms with Crippen molar-refractivity contribution >= 4 is 40.5 Å². The Kier molecular flexibility index (Phi) is 7.68. The van der Waals surface area contributed by atoms with Crippen LogP contribution in [0.2, 0.25) is 0 Å². The maximum absolute atomic E-state index is 11.8. The van der Waals surface area contributed by atoms with E-state index in [-0.39, 0.29) is 5.97 Å². The minimum atomic E-state index is -0.284. The number of ether oxygens (including phenoxy) is 1. The van der Waals surface area contributed by atoms with E-state index in [1.165, 1.54) is 0 Å². The molecule has 0 radical (unpaired) electrons. The topological polar surface area (TPSA) is 55.6 Å². The number of benzene rings is 1. The lowest BCUT2D eigenvalue weighted by Gasteiger charge is -2.26. The first-order valence-electron chi connectivity index (χ1n) is 7.01. The summed E-state index contributed by atoms with van der Waals surface area (Å²) in [5, 5.41) is 0. The van der Waals surface area contributed by atoms with Crippen LogP contribution in [0.4, 0.5) is 11.4 Å². The van der Waals surface area contributed by atoms with Gasteiger partial charge in [-0.05, 0) is 25.0 Å². The molecule has 0 spiro atoms. The third kappa shape index (κ3) is 4.97. The van der Waals surface area contributed by atoms with Crippen molar-refractivity contribution in [2.75, 3.05) is 35.5 Å². The van der Waals surface area contributed by atoms with Gasteiger partial charge in [0.1, 0.15) is 0 Å². The van der Waals surface area contributed by atoms with Crippen molar-refractivity contribution in [1.82, 2.24) is 0 Å². The van der Waals surface area contributed by atoms with Crippen LogP contribution in [-0.2, 0) is 4.79 Å². The molecule has 0 aromatic heterocycles. The molecule has 0 fully saturated rings. The van der Waals surface area contributed by atoms with Gasteiger partial charge in [0, 0.05) is 31.3 Å². The van der Waals surface area contributed by atoms with Crippen molar-refractivity contribution in [2.45, 2.75) is 26.7 Å². The molecular weight excluding hydrogens is 311 g/mol. The average molecular weight is 333 g/mol. The van der Waals surface area contributed by atoms with Crippen LogP contribution in [0.1, 0.15) is 25.3 Å². The molecule has 0 aliphatic carbocycles. The van der Waals surface area contributed by atoms with Gasteiger partial charge in [-0.2, -0.15) is 0 Å². The van der Waals surface area contributed by atoms with E-state index in [0.29, 0.717) is 42.7 Å². The molecule has 0 amide bonds. The number of nitrogens with two attached hydrogens (primary N) is 1. The first kappa shape index (κ1) is 17.9. The van der Waals surface area contributed by atoms with Crippen LogP contribution in [0.25, 0.3) is 0 Å². The molecule has 0 aliphatic heterocycles. The number of esters is 1. The molecule has 2 N–H and O–H groups in total. The maximum Gasteiger partial charge on any atom is 0.311 e. The smallest absolute Gasteiger partial charge is 0.311 e. The van der Waals surface area contributed by atoms with Crippen molar-refractivity contribution in [3.63, 3.8) is 0 Å². The summed E-state index contributed by atoms with van der Waals surface area (Å²) in [6.07, 6.45) is 1.09. The van der Waals surface area contributed by atoms with E-state index in [9.17, 15) is 4.79 Å². The van der Waals surface area contributed by atoms with E-state index < -0.39 is 0 Å². The zero-order chi connectivity index (χ0) is 15.8. The fraction of sp³-hybridized carbons (Fsp3) is 0.533. The van der Waals surface area contributed by atoms with E-state index in [0.717, 1.165) is 17.7 Å². The zero-order valence-corrected chi connectivity index (χ0v) is 14.0. The molecule has 0 heterocycles. The van der Waals surface area contributed by atoms with E-state index in [4.69, 9.17) is 33.7 Å². The Hall–Kier alpha value is -1.13. The number of nitrogen functional groups attached to an aromatic ring is 1. The van der Waals surface area contributed by atoms with Crippen LogP contribution in [0.5, 0.6) is 5.75 Å². The SMILES string of the molecule is CCCC(=O)Oc1c(N(CCCl)CCCl)ccc(C)c1N. The summed E-state index contributed by atoms with van der Waals surface area (Å²) in [7, 11) is 0. The molecule has 1 rings (SSSR count). The maximum atomic E-state index is 11.8. The van der Waals surface area contributed by atoms with Crippen molar-refractivity contribution in [1.29, 1.82) is 0 Å². The Morgan fingerprint density at radius 2 is 1.90 bits per heavy atom. The number of hydrogen-bond acceptors (Lipinski definition) is 4. The molecule has 0 saturated heterocycles. The number of alkyl halides is 2. The van der Waals surface area contributed by atoms with E-state index in [1.807, 2.05) is 30.9 Å². The molecule has 6 heteroatoms. The summed E-state index contributed by atoms with van der Waals surface area (Å²) in [6, 6.07) is 3.79. The zero-order valence-electron chi connectivity index (χ0n) is 12.5. The summed E-state index contributed by atoms with van der Waals surface area (Å²) in [6.45, 7) is 5.02. The lowest BCUT2D eigenvalue weighted by Crippen LogP contribution is -2.28. The molecule has 1 aromatic carbocycles. The number of halogens is 2. The Morgan fingerprint density at radius 3 is 2.43 bits per heavy atom. The first-order chi connectivity index (χ1) is 10.0. The van der Waals surface area contributed by atoms with Crippen molar-refractivity contribution in [2.24, 2.45) is 0 Å². The van der Waals surface area contributed by atoms with Crippen LogP contribution in [-0.4, -0.2) is 30.8 Å². The first-order valence-corrected chi connectivity index (χ1v) is 8.08. The van der Waals surface area contributed by atoms with Crippen molar-refractivity contribution in [3.8, 4) is 5.75 Å². The number of aryl methyl sites for hydroxylation is 1. The average Bonchev–Trinajstić information content (AvgIpc) is 2.44. The molecule has 1 aromatic rings. The summed E-state index contributed by atoms with van der Waals surface area (Å²) in [5.41, 5.74) is 8.19. The standard InChI is InChI=1S/C15H22Cl2N2O2/c1-3-4-13(20)21-15-12(6-5-11(2)14(15)18)19(9-7-16)10-8-17/h5-6H,3-4,7-10,18H2,1-2H3. The van der Waals surface area contributed by atoms with Crippen molar-refractivity contribution < 1.29 is 9.53 Å². The van der Waals surface area contributed by atoms with Gasteiger partial charge in [-0.25, -0.2) is 0 Å². The number of carbonyl (C=O) groups is 1. The largest absolute Gasteiger partial charge is 0.422 e. The fourth-order valence-corrected chi connectivity index (χ4v) is 2.38. The molecule has 4 nitrogen and oxygen atoms in total. The fourth-order valence-electron chi connectivity index (χ4n) is 1.97. The summed E-state index contributed by atoms with van der Waals surface area (Å²) < 4.78 is 5.48. The normalized spacial score (nSPS) is 10.5. The highest BCUT2D eigenvalue weighted by Crippen LogP contribution is 2.37. The second kappa shape index (κ2) is 9.00. The molecule has 0 aliphatic rings. The molecule has 0 bridgehead atoms. The molecule has 118 valence electrons. The Labute approximate surface area is 136 Å². The minimum Gasteiger partial charge on any atom is -0.422 e. The predicted molar refractivity (Wildman–Crippen MR) is 89.8 cm³/mol. The molecule has 0 unspecified atom stereocenters. The van der Waals surface area contributed by atoms with Crippen LogP contribution in [0.15, 0.2) is 12.1 Å². The summed E-state index contributed by atoms with van der Waals surface area (Å²) in [4.78, 5) is 13.8. The van der Waals surface area contributed by atoms with Crippen LogP contribution in [0.3, 0.4) is 0 Å². The lowest BCUT2D eigenvalue weighted by molar-refractivity contribution is -0.134. The highest BCUT2D eigenvalue weighted by atomic mass is 35.5. The van der Waals surface area contributed by atoms with Gasteiger partial charge in [-0.3, -0.25) is 4.79 Å². The predicted octanol–water partition coefficient (Wildman–Crippen LogP) is 3.57. The third-order valence-electron chi connectivity index (χ3n) is 3.11. The summed E-state index contributed by atoms with van der Waals surface area (Å²) in [5.74, 6) is 1.02. The Morgan fingerprint density at radius 1 is 1.29 bits per heavy atom. The van der Waals surface area contributed by atoms with Gasteiger partial charge < -0.3 is 15.4 Å². The molecule has 0 saturated carbocycles. The molecule has 21 heavy (non-hydrogen) atoms. The van der Waals surface area contributed by atoms with Gasteiger partial charge in [-0.1, -0.05) is 13.0 Å². The molecular formula is C15H22Cl2N2O2. The molecule has 0 atom stereocenters. The number of anilines is 2. The second-order valence-electron chi connectivity index (χ2n) is 4.73. The van der Waals surface area contributed by atoms with Gasteiger partial charge in [-0.15, -0.1) is 23.2 Å². The van der Waals surface area contributed by atoms with Crippen LogP contribution < -0.4 is 15.4 Å². The Balaban J connectivity index is 3.17. The monoisotopic (exact) mass is 332 g/mol. The van der Waals surface area contributed by atoms with Gasteiger partial charge in [0.25, 0.3) is 0 Å². The minimum absolute atomic E-state index is 0.284. The van der Waals surface area contributed by atoms with Gasteiger partial charge >= 0.3 is 5.97 Å². The van der Waals surface area contributed by atoms with Gasteiger partial charge in [0.05, 0.1) is 11.4 Å². The van der Waals surface area contributed by atoms with Gasteiger partial charge in [0.15, 0.2) is 5.75 Å². The van der Waals surface area contributed by atoms with Gasteiger partial charge in [0.2, 0.25) is 0 Å². The van der Waals surface area contributed by atoms with Crippen LogP contribution in [0, 0.1) is 6.92 Å². The lowest BCUT2D eigenvalue weighted by atomic mass is 10.1. The van der Waals surface area contributed by atoms with Crippen LogP contribution >= 0.6 is 23.2 Å². The third-order valence-corrected chi connectivity index (χ3v) is 3.45. The highest BCUT2D eigenvalue weighted by molar-refractivity contribution is 6.18. The van der Waals surface area contributed by atoms with E-state index >= 15 is 0 Å². The number of hydrogen-bond donors (Lipinski definition) is 1. The van der Waals surface area contributed by atoms with E-state index in [2.05, 4.69) is 0 Å². The van der Waals surface area contributed by atoms with E-state index in [1.54, 1.807) is 0 Å². The van der Waals surface area contributed by atoms with Crippen molar-refractivity contribution in [3.05, 3.63) is 17.7 Å². The summed E-state index contributed by atoms with van der Waals surface area (Å²) >= 11 is 11.7. The second-order valence-corrected chi connectivity index (χ2v) is 5.49. The number of carbonyl (C=O) groups excluding carboxylic acids is 1. The quantitative estimate of drug-likeness (QED) is 0.342. The number of nitrogens with zero attached hydrogens (tertiary/aromatic N) is 1. The Bertz CT molecular complexity index is 475.